The van der Waals surface area contributed by atoms with Gasteiger partial charge in [0.15, 0.2) is 11.5 Å². The summed E-state index contributed by atoms with van der Waals surface area (Å²) in [6.07, 6.45) is 3.70. The van der Waals surface area contributed by atoms with Gasteiger partial charge in [-0.15, -0.1) is 6.58 Å². The number of nitriles is 1. The lowest BCUT2D eigenvalue weighted by molar-refractivity contribution is -0.384. The van der Waals surface area contributed by atoms with Crippen LogP contribution in [-0.2, 0) is 6.42 Å². The molecule has 2 aromatic rings. The maximum absolute atomic E-state index is 10.9. The largest absolute Gasteiger partial charge is 0.504 e. The molecule has 0 aromatic heterocycles. The predicted octanol–water partition coefficient (Wildman–Crippen LogP) is 4.49. The Labute approximate surface area is 151 Å². The van der Waals surface area contributed by atoms with E-state index in [9.17, 15) is 20.5 Å². The number of phenols is 1. The number of nitro benzene ring substituents is 1. The summed E-state index contributed by atoms with van der Waals surface area (Å²) in [5, 5.41) is 30.7. The molecule has 2 aromatic carbocycles. The van der Waals surface area contributed by atoms with E-state index < -0.39 is 4.92 Å². The van der Waals surface area contributed by atoms with Crippen LogP contribution in [0.1, 0.15) is 23.6 Å². The highest BCUT2D eigenvalue weighted by Gasteiger charge is 2.12. The molecule has 0 radical (unpaired) electrons. The van der Waals surface area contributed by atoms with Crippen molar-refractivity contribution in [2.24, 2.45) is 0 Å². The number of non-ortho nitro benzene ring substituents is 1. The van der Waals surface area contributed by atoms with Gasteiger partial charge in [-0.25, -0.2) is 0 Å². The maximum atomic E-state index is 10.9. The molecule has 0 aliphatic heterocycles. The number of hydrogen-bond donors (Lipinski definition) is 1. The van der Waals surface area contributed by atoms with Crippen molar-refractivity contribution < 1.29 is 14.8 Å². The first kappa shape index (κ1) is 18.7. The number of nitrogens with zero attached hydrogens (tertiary/aromatic N) is 2. The standard InChI is InChI=1S/C20H18N2O4/c1-3-6-16-9-14(11-19(20(16)23)26-4-2)10-17(13-21)15-7-5-8-18(12-15)22(24)25/h3,5,7-12,23H,1,4,6H2,2H3/b17-10-. The Balaban J connectivity index is 2.54. The summed E-state index contributed by atoms with van der Waals surface area (Å²) in [6.45, 7) is 5.85. The molecule has 0 unspecified atom stereocenters. The number of ether oxygens (including phenoxy) is 1. The normalized spacial score (nSPS) is 10.8. The summed E-state index contributed by atoms with van der Waals surface area (Å²) in [5.41, 5.74) is 1.89. The Morgan fingerprint density at radius 2 is 2.19 bits per heavy atom. The fraction of sp³-hybridized carbons (Fsp3) is 0.150. The maximum Gasteiger partial charge on any atom is 0.270 e. The Morgan fingerprint density at radius 3 is 2.81 bits per heavy atom. The van der Waals surface area contributed by atoms with Crippen molar-refractivity contribution in [3.63, 3.8) is 0 Å². The first-order valence-electron chi connectivity index (χ1n) is 7.96. The molecule has 26 heavy (non-hydrogen) atoms. The molecule has 2 rings (SSSR count). The monoisotopic (exact) mass is 350 g/mol. The molecule has 0 bridgehead atoms. The third kappa shape index (κ3) is 4.28. The lowest BCUT2D eigenvalue weighted by atomic mass is 10.0. The molecule has 132 valence electrons. The van der Waals surface area contributed by atoms with Gasteiger partial charge in [0.05, 0.1) is 23.2 Å². The predicted molar refractivity (Wildman–Crippen MR) is 99.8 cm³/mol. The molecular formula is C20H18N2O4. The van der Waals surface area contributed by atoms with Gasteiger partial charge in [-0.2, -0.15) is 5.26 Å². The summed E-state index contributed by atoms with van der Waals surface area (Å²) in [6, 6.07) is 11.3. The van der Waals surface area contributed by atoms with Crippen molar-refractivity contribution in [2.75, 3.05) is 6.61 Å². The van der Waals surface area contributed by atoms with Crippen molar-refractivity contribution in [2.45, 2.75) is 13.3 Å². The van der Waals surface area contributed by atoms with E-state index in [-0.39, 0.29) is 17.0 Å². The van der Waals surface area contributed by atoms with Crippen LogP contribution < -0.4 is 4.74 Å². The number of allylic oxidation sites excluding steroid dienone is 2. The van der Waals surface area contributed by atoms with Gasteiger partial charge in [0.25, 0.3) is 5.69 Å². The number of aromatic hydroxyl groups is 1. The molecule has 0 spiro atoms. The van der Waals surface area contributed by atoms with E-state index >= 15 is 0 Å². The van der Waals surface area contributed by atoms with Crippen molar-refractivity contribution in [3.8, 4) is 17.6 Å². The Hall–Kier alpha value is -3.59. The van der Waals surface area contributed by atoms with Crippen LogP contribution in [0.5, 0.6) is 11.5 Å². The second-order valence-corrected chi connectivity index (χ2v) is 5.43. The van der Waals surface area contributed by atoms with Gasteiger partial charge in [-0.3, -0.25) is 10.1 Å². The number of rotatable bonds is 7. The van der Waals surface area contributed by atoms with Crippen LogP contribution in [0.3, 0.4) is 0 Å². The number of nitro groups is 1. The van der Waals surface area contributed by atoms with E-state index in [0.717, 1.165) is 0 Å². The number of benzene rings is 2. The molecule has 0 fully saturated rings. The molecule has 0 amide bonds. The van der Waals surface area contributed by atoms with Crippen LogP contribution in [0.25, 0.3) is 11.6 Å². The van der Waals surface area contributed by atoms with Gasteiger partial charge >= 0.3 is 0 Å². The second kappa shape index (κ2) is 8.49. The molecule has 1 N–H and O–H groups in total. The van der Waals surface area contributed by atoms with E-state index in [2.05, 4.69) is 12.6 Å². The van der Waals surface area contributed by atoms with Crippen LogP contribution in [0.15, 0.2) is 49.1 Å². The van der Waals surface area contributed by atoms with E-state index in [1.807, 2.05) is 0 Å². The third-order valence-corrected chi connectivity index (χ3v) is 3.64. The van der Waals surface area contributed by atoms with Gasteiger partial charge in [-0.05, 0) is 42.7 Å². The lowest BCUT2D eigenvalue weighted by Gasteiger charge is -2.11. The van der Waals surface area contributed by atoms with Gasteiger partial charge in [0.2, 0.25) is 0 Å². The SMILES string of the molecule is C=CCc1cc(/C=C(/C#N)c2cccc([N+](=O)[O-])c2)cc(OCC)c1O. The van der Waals surface area contributed by atoms with E-state index in [0.29, 0.717) is 35.5 Å². The number of hydrogen-bond acceptors (Lipinski definition) is 5. The van der Waals surface area contributed by atoms with Crippen molar-refractivity contribution in [3.05, 3.63) is 75.9 Å². The summed E-state index contributed by atoms with van der Waals surface area (Å²) < 4.78 is 5.45. The van der Waals surface area contributed by atoms with Crippen LogP contribution in [-0.4, -0.2) is 16.6 Å². The smallest absolute Gasteiger partial charge is 0.270 e. The highest BCUT2D eigenvalue weighted by Crippen LogP contribution is 2.34. The average molecular weight is 350 g/mol. The molecule has 0 saturated carbocycles. The zero-order valence-electron chi connectivity index (χ0n) is 14.3. The summed E-state index contributed by atoms with van der Waals surface area (Å²) in [7, 11) is 0. The molecule has 0 saturated heterocycles. The first-order chi connectivity index (χ1) is 12.5. The van der Waals surface area contributed by atoms with Crippen molar-refractivity contribution >= 4 is 17.3 Å². The fourth-order valence-electron chi connectivity index (χ4n) is 2.48. The van der Waals surface area contributed by atoms with Crippen molar-refractivity contribution in [1.29, 1.82) is 5.26 Å². The molecule has 0 atom stereocenters. The van der Waals surface area contributed by atoms with Crippen molar-refractivity contribution in [1.82, 2.24) is 0 Å². The van der Waals surface area contributed by atoms with Gasteiger partial charge in [0.1, 0.15) is 0 Å². The first-order valence-corrected chi connectivity index (χ1v) is 7.96. The molecule has 6 nitrogen and oxygen atoms in total. The fourth-order valence-corrected chi connectivity index (χ4v) is 2.48. The highest BCUT2D eigenvalue weighted by molar-refractivity contribution is 5.90. The molecular weight excluding hydrogens is 332 g/mol. The third-order valence-electron chi connectivity index (χ3n) is 3.64. The minimum Gasteiger partial charge on any atom is -0.504 e. The van der Waals surface area contributed by atoms with Gasteiger partial charge < -0.3 is 9.84 Å². The Bertz CT molecular complexity index is 911. The molecule has 0 heterocycles. The molecule has 6 heteroatoms. The Morgan fingerprint density at radius 1 is 1.42 bits per heavy atom. The topological polar surface area (TPSA) is 96.4 Å². The number of phenolic OH excluding ortho intramolecular Hbond substituents is 1. The molecule has 0 aliphatic rings. The summed E-state index contributed by atoms with van der Waals surface area (Å²) >= 11 is 0. The van der Waals surface area contributed by atoms with Gasteiger partial charge in [0, 0.05) is 17.7 Å². The zero-order chi connectivity index (χ0) is 19.1. The van der Waals surface area contributed by atoms with E-state index in [1.54, 1.807) is 37.3 Å². The van der Waals surface area contributed by atoms with Gasteiger partial charge in [-0.1, -0.05) is 18.2 Å². The second-order valence-electron chi connectivity index (χ2n) is 5.43. The minimum atomic E-state index is -0.506. The van der Waals surface area contributed by atoms with Crippen LogP contribution in [0.4, 0.5) is 5.69 Å². The van der Waals surface area contributed by atoms with E-state index in [4.69, 9.17) is 4.74 Å². The quantitative estimate of drug-likeness (QED) is 0.261. The van der Waals surface area contributed by atoms with Crippen LogP contribution in [0.2, 0.25) is 0 Å². The summed E-state index contributed by atoms with van der Waals surface area (Å²) in [5.74, 6) is 0.354. The highest BCUT2D eigenvalue weighted by atomic mass is 16.6. The Kier molecular flexibility index (Phi) is 6.12. The minimum absolute atomic E-state index is 0.0396. The van der Waals surface area contributed by atoms with E-state index in [1.165, 1.54) is 18.2 Å². The van der Waals surface area contributed by atoms with Crippen LogP contribution in [0, 0.1) is 21.4 Å². The summed E-state index contributed by atoms with van der Waals surface area (Å²) in [4.78, 5) is 10.4. The molecule has 0 aliphatic carbocycles. The zero-order valence-corrected chi connectivity index (χ0v) is 14.3. The lowest BCUT2D eigenvalue weighted by Crippen LogP contribution is -1.95. The average Bonchev–Trinajstić information content (AvgIpc) is 2.63. The van der Waals surface area contributed by atoms with Crippen LogP contribution >= 0.6 is 0 Å².